The first-order chi connectivity index (χ1) is 10.3. The van der Waals surface area contributed by atoms with Crippen LogP contribution in [-0.4, -0.2) is 15.9 Å². The molecule has 3 aromatic rings. The van der Waals surface area contributed by atoms with Gasteiger partial charge in [0.15, 0.2) is 0 Å². The van der Waals surface area contributed by atoms with Gasteiger partial charge in [0.05, 0.1) is 6.54 Å². The fourth-order valence-corrected chi connectivity index (χ4v) is 2.59. The molecule has 104 valence electrons. The van der Waals surface area contributed by atoms with E-state index >= 15 is 0 Å². The van der Waals surface area contributed by atoms with Gasteiger partial charge in [0.1, 0.15) is 10.7 Å². The molecular formula is C16H13N3OS. The van der Waals surface area contributed by atoms with Gasteiger partial charge in [0.25, 0.3) is 5.91 Å². The molecule has 0 aliphatic rings. The Bertz CT molecular complexity index is 699. The molecular weight excluding hydrogens is 282 g/mol. The number of aromatic nitrogens is 2. The minimum Gasteiger partial charge on any atom is -0.300 e. The van der Waals surface area contributed by atoms with E-state index in [-0.39, 0.29) is 5.91 Å². The average Bonchev–Trinajstić information content (AvgIpc) is 3.07. The molecule has 0 atom stereocenters. The lowest BCUT2D eigenvalue weighted by Crippen LogP contribution is -2.31. The number of carbonyl (C=O) groups is 1. The quantitative estimate of drug-likeness (QED) is 0.741. The minimum absolute atomic E-state index is 0.128. The lowest BCUT2D eigenvalue weighted by Gasteiger charge is -2.21. The number of hydrogen-bond acceptors (Lipinski definition) is 4. The van der Waals surface area contributed by atoms with Crippen LogP contribution in [-0.2, 0) is 6.54 Å². The van der Waals surface area contributed by atoms with E-state index in [0.717, 1.165) is 10.7 Å². The summed E-state index contributed by atoms with van der Waals surface area (Å²) in [5.41, 5.74) is 1.27. The molecule has 5 heteroatoms. The van der Waals surface area contributed by atoms with Crippen LogP contribution in [0.1, 0.15) is 15.5 Å². The van der Waals surface area contributed by atoms with Crippen molar-refractivity contribution in [2.75, 3.05) is 4.90 Å². The lowest BCUT2D eigenvalue weighted by molar-refractivity contribution is 0.0980. The molecule has 0 unspecified atom stereocenters. The van der Waals surface area contributed by atoms with Crippen LogP contribution < -0.4 is 4.90 Å². The van der Waals surface area contributed by atoms with E-state index in [4.69, 9.17) is 0 Å². The highest BCUT2D eigenvalue weighted by Gasteiger charge is 2.19. The van der Waals surface area contributed by atoms with Crippen LogP contribution in [0.25, 0.3) is 0 Å². The molecule has 0 radical (unpaired) electrons. The van der Waals surface area contributed by atoms with Crippen molar-refractivity contribution in [3.05, 3.63) is 77.0 Å². The van der Waals surface area contributed by atoms with E-state index in [9.17, 15) is 4.79 Å². The van der Waals surface area contributed by atoms with Crippen LogP contribution >= 0.6 is 11.3 Å². The second-order valence-corrected chi connectivity index (χ2v) is 5.35. The summed E-state index contributed by atoms with van der Waals surface area (Å²) in [4.78, 5) is 22.8. The topological polar surface area (TPSA) is 46.1 Å². The zero-order chi connectivity index (χ0) is 14.5. The molecule has 0 fully saturated rings. The van der Waals surface area contributed by atoms with E-state index in [1.807, 2.05) is 41.8 Å². The number of hydrogen-bond donors (Lipinski definition) is 0. The monoisotopic (exact) mass is 295 g/mol. The molecule has 0 saturated carbocycles. The molecule has 21 heavy (non-hydrogen) atoms. The van der Waals surface area contributed by atoms with Crippen LogP contribution in [0.15, 0.2) is 66.3 Å². The van der Waals surface area contributed by atoms with Crippen molar-refractivity contribution in [1.29, 1.82) is 0 Å². The lowest BCUT2D eigenvalue weighted by atomic mass is 10.2. The number of thiazole rings is 1. The van der Waals surface area contributed by atoms with Crippen LogP contribution in [0.2, 0.25) is 0 Å². The summed E-state index contributed by atoms with van der Waals surface area (Å²) in [6.07, 6.45) is 3.37. The van der Waals surface area contributed by atoms with Crippen molar-refractivity contribution in [3.63, 3.8) is 0 Å². The Morgan fingerprint density at radius 2 is 1.81 bits per heavy atom. The highest BCUT2D eigenvalue weighted by atomic mass is 32.1. The number of anilines is 1. The number of benzene rings is 1. The SMILES string of the molecule is O=C(c1ccccn1)N(Cc1nccs1)c1ccccc1. The van der Waals surface area contributed by atoms with Gasteiger partial charge >= 0.3 is 0 Å². The normalized spacial score (nSPS) is 10.3. The summed E-state index contributed by atoms with van der Waals surface area (Å²) in [6.45, 7) is 0.442. The van der Waals surface area contributed by atoms with Gasteiger partial charge < -0.3 is 4.90 Å². The van der Waals surface area contributed by atoms with Crippen molar-refractivity contribution in [2.24, 2.45) is 0 Å². The largest absolute Gasteiger partial charge is 0.300 e. The van der Waals surface area contributed by atoms with E-state index in [2.05, 4.69) is 9.97 Å². The first kappa shape index (κ1) is 13.5. The van der Waals surface area contributed by atoms with E-state index in [0.29, 0.717) is 12.2 Å². The molecule has 0 aliphatic carbocycles. The third-order valence-corrected chi connectivity index (χ3v) is 3.74. The molecule has 3 rings (SSSR count). The number of carbonyl (C=O) groups excluding carboxylic acids is 1. The molecule has 2 aromatic heterocycles. The van der Waals surface area contributed by atoms with Gasteiger partial charge in [-0.2, -0.15) is 0 Å². The zero-order valence-electron chi connectivity index (χ0n) is 11.2. The number of para-hydroxylation sites is 1. The Labute approximate surface area is 126 Å². The predicted molar refractivity (Wildman–Crippen MR) is 83.3 cm³/mol. The molecule has 0 N–H and O–H groups in total. The summed E-state index contributed by atoms with van der Waals surface area (Å²) < 4.78 is 0. The summed E-state index contributed by atoms with van der Waals surface area (Å²) in [5, 5.41) is 2.80. The second kappa shape index (κ2) is 6.28. The maximum absolute atomic E-state index is 12.7. The second-order valence-electron chi connectivity index (χ2n) is 4.37. The van der Waals surface area contributed by atoms with E-state index in [1.165, 1.54) is 11.3 Å². The number of amides is 1. The molecule has 0 bridgehead atoms. The third kappa shape index (κ3) is 3.14. The molecule has 0 saturated heterocycles. The fourth-order valence-electron chi connectivity index (χ4n) is 1.98. The summed E-state index contributed by atoms with van der Waals surface area (Å²) in [5.74, 6) is -0.128. The molecule has 0 spiro atoms. The van der Waals surface area contributed by atoms with Gasteiger partial charge in [-0.15, -0.1) is 11.3 Å². The highest BCUT2D eigenvalue weighted by Crippen LogP contribution is 2.20. The van der Waals surface area contributed by atoms with Gasteiger partial charge in [-0.05, 0) is 24.3 Å². The van der Waals surface area contributed by atoms with Crippen molar-refractivity contribution < 1.29 is 4.79 Å². The van der Waals surface area contributed by atoms with Gasteiger partial charge in [0.2, 0.25) is 0 Å². The number of rotatable bonds is 4. The molecule has 2 heterocycles. The maximum atomic E-state index is 12.7. The summed E-state index contributed by atoms with van der Waals surface area (Å²) in [6, 6.07) is 14.9. The first-order valence-corrected chi connectivity index (χ1v) is 7.39. The Kier molecular flexibility index (Phi) is 4.02. The standard InChI is InChI=1S/C16H13N3OS/c20-16(14-8-4-5-9-17-14)19(12-15-18-10-11-21-15)13-6-2-1-3-7-13/h1-11H,12H2. The van der Waals surface area contributed by atoms with Crippen molar-refractivity contribution in [3.8, 4) is 0 Å². The summed E-state index contributed by atoms with van der Waals surface area (Å²) >= 11 is 1.53. The van der Waals surface area contributed by atoms with Gasteiger partial charge in [-0.25, -0.2) is 4.98 Å². The summed E-state index contributed by atoms with van der Waals surface area (Å²) in [7, 11) is 0. The Morgan fingerprint density at radius 3 is 2.48 bits per heavy atom. The third-order valence-electron chi connectivity index (χ3n) is 2.97. The Hall–Kier alpha value is -2.53. The van der Waals surface area contributed by atoms with Crippen molar-refractivity contribution in [1.82, 2.24) is 9.97 Å². The molecule has 0 aliphatic heterocycles. The van der Waals surface area contributed by atoms with Crippen LogP contribution in [0.3, 0.4) is 0 Å². The number of nitrogens with zero attached hydrogens (tertiary/aromatic N) is 3. The molecule has 1 amide bonds. The van der Waals surface area contributed by atoms with Gasteiger partial charge in [-0.1, -0.05) is 24.3 Å². The van der Waals surface area contributed by atoms with Crippen LogP contribution in [0.5, 0.6) is 0 Å². The zero-order valence-corrected chi connectivity index (χ0v) is 12.0. The van der Waals surface area contributed by atoms with Crippen molar-refractivity contribution in [2.45, 2.75) is 6.54 Å². The Balaban J connectivity index is 1.94. The van der Waals surface area contributed by atoms with Crippen LogP contribution in [0, 0.1) is 0 Å². The van der Waals surface area contributed by atoms with Gasteiger partial charge in [-0.3, -0.25) is 9.78 Å². The molecule has 1 aromatic carbocycles. The van der Waals surface area contributed by atoms with Gasteiger partial charge in [0, 0.05) is 23.5 Å². The highest BCUT2D eigenvalue weighted by molar-refractivity contribution is 7.09. The maximum Gasteiger partial charge on any atom is 0.277 e. The predicted octanol–water partition coefficient (Wildman–Crippen LogP) is 3.39. The van der Waals surface area contributed by atoms with E-state index in [1.54, 1.807) is 29.4 Å². The van der Waals surface area contributed by atoms with Crippen LogP contribution in [0.4, 0.5) is 5.69 Å². The smallest absolute Gasteiger partial charge is 0.277 e. The fraction of sp³-hybridized carbons (Fsp3) is 0.0625. The molecule has 4 nitrogen and oxygen atoms in total. The minimum atomic E-state index is -0.128. The van der Waals surface area contributed by atoms with E-state index < -0.39 is 0 Å². The Morgan fingerprint density at radius 1 is 1.00 bits per heavy atom. The number of pyridine rings is 1. The first-order valence-electron chi connectivity index (χ1n) is 6.51. The van der Waals surface area contributed by atoms with Crippen molar-refractivity contribution >= 4 is 22.9 Å². The average molecular weight is 295 g/mol.